The van der Waals surface area contributed by atoms with Gasteiger partial charge in [0.1, 0.15) is 0 Å². The van der Waals surface area contributed by atoms with Crippen molar-refractivity contribution in [3.8, 4) is 0 Å². The molecule has 0 heterocycles. The van der Waals surface area contributed by atoms with E-state index in [9.17, 15) is 9.90 Å². The van der Waals surface area contributed by atoms with E-state index in [0.717, 1.165) is 24.8 Å². The summed E-state index contributed by atoms with van der Waals surface area (Å²) in [5, 5.41) is 10.4. The number of amides is 1. The molecule has 0 saturated carbocycles. The van der Waals surface area contributed by atoms with Gasteiger partial charge in [-0.3, -0.25) is 4.79 Å². The molecule has 1 unspecified atom stereocenters. The highest BCUT2D eigenvalue weighted by Crippen LogP contribution is 2.28. The van der Waals surface area contributed by atoms with Crippen LogP contribution in [0, 0.1) is 0 Å². The van der Waals surface area contributed by atoms with E-state index in [2.05, 4.69) is 0 Å². The Morgan fingerprint density at radius 1 is 1.44 bits per heavy atom. The molecule has 0 fully saturated rings. The molecule has 0 saturated heterocycles. The molecule has 1 atom stereocenters. The fourth-order valence-electron chi connectivity index (χ4n) is 2.24. The molecule has 0 aromatic carbocycles. The first kappa shape index (κ1) is 13.2. The zero-order chi connectivity index (χ0) is 12.2. The van der Waals surface area contributed by atoms with Gasteiger partial charge in [-0.1, -0.05) is 6.08 Å². The largest absolute Gasteiger partial charge is 0.376 e. The third kappa shape index (κ3) is 2.64. The van der Waals surface area contributed by atoms with Crippen molar-refractivity contribution in [1.82, 2.24) is 4.90 Å². The number of rotatable bonds is 4. The lowest BCUT2D eigenvalue weighted by Crippen LogP contribution is -2.48. The van der Waals surface area contributed by atoms with Crippen molar-refractivity contribution in [3.05, 3.63) is 11.6 Å². The van der Waals surface area contributed by atoms with Crippen LogP contribution in [0.5, 0.6) is 0 Å². The molecular formula is C13H23NO2. The first-order valence-electron chi connectivity index (χ1n) is 6.25. The molecule has 0 spiro atoms. The van der Waals surface area contributed by atoms with E-state index in [1.165, 1.54) is 6.42 Å². The minimum atomic E-state index is -1.30. The highest BCUT2D eigenvalue weighted by molar-refractivity contribution is 5.88. The van der Waals surface area contributed by atoms with Crippen LogP contribution >= 0.6 is 0 Å². The van der Waals surface area contributed by atoms with E-state index < -0.39 is 5.60 Å². The summed E-state index contributed by atoms with van der Waals surface area (Å²) < 4.78 is 0. The van der Waals surface area contributed by atoms with E-state index in [-0.39, 0.29) is 5.91 Å². The van der Waals surface area contributed by atoms with Gasteiger partial charge >= 0.3 is 0 Å². The van der Waals surface area contributed by atoms with Gasteiger partial charge in [0.15, 0.2) is 5.60 Å². The lowest BCUT2D eigenvalue weighted by molar-refractivity contribution is -0.145. The Hall–Kier alpha value is -0.830. The van der Waals surface area contributed by atoms with E-state index >= 15 is 0 Å². The third-order valence-electron chi connectivity index (χ3n) is 3.38. The average Bonchev–Trinajstić information content (AvgIpc) is 2.31. The summed E-state index contributed by atoms with van der Waals surface area (Å²) in [5.41, 5.74) is -0.400. The quantitative estimate of drug-likeness (QED) is 0.744. The summed E-state index contributed by atoms with van der Waals surface area (Å²) in [6, 6.07) is 0. The van der Waals surface area contributed by atoms with Gasteiger partial charge in [0.25, 0.3) is 5.91 Å². The summed E-state index contributed by atoms with van der Waals surface area (Å²) >= 11 is 0. The Morgan fingerprint density at radius 2 is 2.06 bits per heavy atom. The average molecular weight is 225 g/mol. The standard InChI is InChI=1S/C13H23NO2/c1-4-14(5-2)12(15)13(3,16)11-9-7-6-8-10-11/h9,16H,4-8,10H2,1-3H3. The van der Waals surface area contributed by atoms with Crippen molar-refractivity contribution < 1.29 is 9.90 Å². The molecule has 1 aliphatic rings. The molecule has 1 rings (SSSR count). The van der Waals surface area contributed by atoms with E-state index in [0.29, 0.717) is 13.1 Å². The Bertz CT molecular complexity index is 278. The Morgan fingerprint density at radius 3 is 2.50 bits per heavy atom. The Balaban J connectivity index is 2.82. The van der Waals surface area contributed by atoms with Crippen molar-refractivity contribution in [3.63, 3.8) is 0 Å². The molecule has 0 aliphatic heterocycles. The van der Waals surface area contributed by atoms with Crippen LogP contribution in [0.1, 0.15) is 46.5 Å². The molecule has 3 nitrogen and oxygen atoms in total. The second-order valence-electron chi connectivity index (χ2n) is 4.52. The monoisotopic (exact) mass is 225 g/mol. The van der Waals surface area contributed by atoms with Crippen LogP contribution in [0.15, 0.2) is 11.6 Å². The highest BCUT2D eigenvalue weighted by atomic mass is 16.3. The second kappa shape index (κ2) is 5.48. The number of aliphatic hydroxyl groups is 1. The van der Waals surface area contributed by atoms with Gasteiger partial charge in [0.2, 0.25) is 0 Å². The van der Waals surface area contributed by atoms with Gasteiger partial charge in [-0.05, 0) is 52.0 Å². The molecule has 3 heteroatoms. The predicted octanol–water partition coefficient (Wildman–Crippen LogP) is 2.11. The first-order valence-corrected chi connectivity index (χ1v) is 6.25. The van der Waals surface area contributed by atoms with E-state index in [1.54, 1.807) is 11.8 Å². The molecule has 1 N–H and O–H groups in total. The number of likely N-dealkylation sites (N-methyl/N-ethyl adjacent to an activating group) is 1. The van der Waals surface area contributed by atoms with Crippen LogP contribution in [-0.2, 0) is 4.79 Å². The fraction of sp³-hybridized carbons (Fsp3) is 0.769. The predicted molar refractivity (Wildman–Crippen MR) is 65.1 cm³/mol. The van der Waals surface area contributed by atoms with Crippen LogP contribution in [0.2, 0.25) is 0 Å². The molecule has 1 aliphatic carbocycles. The van der Waals surface area contributed by atoms with Gasteiger partial charge in [-0.2, -0.15) is 0 Å². The van der Waals surface area contributed by atoms with Crippen molar-refractivity contribution in [1.29, 1.82) is 0 Å². The smallest absolute Gasteiger partial charge is 0.258 e. The fourth-order valence-corrected chi connectivity index (χ4v) is 2.24. The lowest BCUT2D eigenvalue weighted by Gasteiger charge is -2.32. The van der Waals surface area contributed by atoms with Crippen molar-refractivity contribution in [2.45, 2.75) is 52.1 Å². The van der Waals surface area contributed by atoms with Gasteiger partial charge in [-0.15, -0.1) is 0 Å². The maximum absolute atomic E-state index is 12.2. The van der Waals surface area contributed by atoms with Gasteiger partial charge in [0, 0.05) is 13.1 Å². The maximum atomic E-state index is 12.2. The van der Waals surface area contributed by atoms with Gasteiger partial charge < -0.3 is 10.0 Å². The van der Waals surface area contributed by atoms with E-state index in [4.69, 9.17) is 0 Å². The minimum absolute atomic E-state index is 0.161. The minimum Gasteiger partial charge on any atom is -0.376 e. The molecule has 0 aromatic heterocycles. The van der Waals surface area contributed by atoms with Crippen LogP contribution < -0.4 is 0 Å². The zero-order valence-corrected chi connectivity index (χ0v) is 10.6. The number of hydrogen-bond acceptors (Lipinski definition) is 2. The summed E-state index contributed by atoms with van der Waals surface area (Å²) in [6.07, 6.45) is 6.11. The molecular weight excluding hydrogens is 202 g/mol. The second-order valence-corrected chi connectivity index (χ2v) is 4.52. The summed E-state index contributed by atoms with van der Waals surface area (Å²) in [5.74, 6) is -0.161. The number of nitrogens with zero attached hydrogens (tertiary/aromatic N) is 1. The van der Waals surface area contributed by atoms with Crippen LogP contribution in [-0.4, -0.2) is 34.6 Å². The molecule has 0 aromatic rings. The number of allylic oxidation sites excluding steroid dienone is 1. The number of carbonyl (C=O) groups excluding carboxylic acids is 1. The highest BCUT2D eigenvalue weighted by Gasteiger charge is 2.37. The molecule has 0 bridgehead atoms. The summed E-state index contributed by atoms with van der Waals surface area (Å²) in [4.78, 5) is 13.9. The Labute approximate surface area is 98.1 Å². The maximum Gasteiger partial charge on any atom is 0.258 e. The summed E-state index contributed by atoms with van der Waals surface area (Å²) in [7, 11) is 0. The number of carbonyl (C=O) groups is 1. The topological polar surface area (TPSA) is 40.5 Å². The van der Waals surface area contributed by atoms with Crippen LogP contribution in [0.25, 0.3) is 0 Å². The lowest BCUT2D eigenvalue weighted by atomic mass is 9.86. The van der Waals surface area contributed by atoms with Crippen molar-refractivity contribution in [2.75, 3.05) is 13.1 Å². The molecule has 92 valence electrons. The Kier molecular flexibility index (Phi) is 4.54. The van der Waals surface area contributed by atoms with E-state index in [1.807, 2.05) is 19.9 Å². The van der Waals surface area contributed by atoms with Gasteiger partial charge in [0.05, 0.1) is 0 Å². The first-order chi connectivity index (χ1) is 7.54. The SMILES string of the molecule is CCN(CC)C(=O)C(C)(O)C1=CCCCC1. The molecule has 1 amide bonds. The molecule has 16 heavy (non-hydrogen) atoms. The van der Waals surface area contributed by atoms with Crippen LogP contribution in [0.3, 0.4) is 0 Å². The van der Waals surface area contributed by atoms with Crippen molar-refractivity contribution in [2.24, 2.45) is 0 Å². The third-order valence-corrected chi connectivity index (χ3v) is 3.38. The number of hydrogen-bond donors (Lipinski definition) is 1. The van der Waals surface area contributed by atoms with Gasteiger partial charge in [-0.25, -0.2) is 0 Å². The van der Waals surface area contributed by atoms with Crippen molar-refractivity contribution >= 4 is 5.91 Å². The van der Waals surface area contributed by atoms with Crippen LogP contribution in [0.4, 0.5) is 0 Å². The normalized spacial score (nSPS) is 19.9. The zero-order valence-electron chi connectivity index (χ0n) is 10.6. The summed E-state index contributed by atoms with van der Waals surface area (Å²) in [6.45, 7) is 6.81. The molecule has 0 radical (unpaired) electrons.